The molecular weight excluding hydrogens is 334 g/mol. The van der Waals surface area contributed by atoms with Crippen LogP contribution in [-0.2, 0) is 10.2 Å². The van der Waals surface area contributed by atoms with E-state index < -0.39 is 0 Å². The molecular formula is C23H35N3O. The van der Waals surface area contributed by atoms with Crippen LogP contribution in [0.5, 0.6) is 0 Å². The summed E-state index contributed by atoms with van der Waals surface area (Å²) in [6.07, 6.45) is 7.77. The maximum Gasteiger partial charge on any atom is 0.193 e. The highest BCUT2D eigenvalue weighted by atomic mass is 16.5. The van der Waals surface area contributed by atoms with Crippen molar-refractivity contribution in [1.29, 1.82) is 0 Å². The summed E-state index contributed by atoms with van der Waals surface area (Å²) in [5, 5.41) is 3.59. The van der Waals surface area contributed by atoms with E-state index in [1.165, 1.54) is 44.3 Å². The van der Waals surface area contributed by atoms with E-state index >= 15 is 0 Å². The van der Waals surface area contributed by atoms with Gasteiger partial charge in [0, 0.05) is 38.3 Å². The Morgan fingerprint density at radius 2 is 1.78 bits per heavy atom. The second-order valence-electron chi connectivity index (χ2n) is 8.64. The zero-order valence-corrected chi connectivity index (χ0v) is 16.8. The molecule has 1 saturated carbocycles. The first-order valence-corrected chi connectivity index (χ1v) is 11.0. The first-order chi connectivity index (χ1) is 13.3. The van der Waals surface area contributed by atoms with Crippen molar-refractivity contribution >= 4 is 5.96 Å². The molecule has 0 radical (unpaired) electrons. The predicted octanol–water partition coefficient (Wildman–Crippen LogP) is 3.82. The van der Waals surface area contributed by atoms with Crippen LogP contribution in [0, 0.1) is 11.8 Å². The second-order valence-corrected chi connectivity index (χ2v) is 8.64. The van der Waals surface area contributed by atoms with Crippen LogP contribution >= 0.6 is 0 Å². The SMILES string of the molecule is CCNC(=NCC1(c2ccccc2)CCOCC1)N1CC2CCCCC2C1. The molecule has 2 heterocycles. The molecule has 148 valence electrons. The summed E-state index contributed by atoms with van der Waals surface area (Å²) in [5.41, 5.74) is 1.54. The lowest BCUT2D eigenvalue weighted by Crippen LogP contribution is -2.43. The highest BCUT2D eigenvalue weighted by molar-refractivity contribution is 5.80. The largest absolute Gasteiger partial charge is 0.381 e. The minimum atomic E-state index is 0.118. The van der Waals surface area contributed by atoms with Crippen LogP contribution in [0.1, 0.15) is 51.0 Å². The molecule has 27 heavy (non-hydrogen) atoms. The van der Waals surface area contributed by atoms with Crippen LogP contribution < -0.4 is 5.32 Å². The van der Waals surface area contributed by atoms with Gasteiger partial charge in [-0.2, -0.15) is 0 Å². The molecule has 4 rings (SSSR count). The van der Waals surface area contributed by atoms with Crippen molar-refractivity contribution in [3.05, 3.63) is 35.9 Å². The van der Waals surface area contributed by atoms with Crippen molar-refractivity contribution in [3.63, 3.8) is 0 Å². The van der Waals surface area contributed by atoms with E-state index in [-0.39, 0.29) is 5.41 Å². The van der Waals surface area contributed by atoms with Crippen molar-refractivity contribution in [1.82, 2.24) is 10.2 Å². The fourth-order valence-electron chi connectivity index (χ4n) is 5.32. The third-order valence-electron chi connectivity index (χ3n) is 6.98. The van der Waals surface area contributed by atoms with Crippen LogP contribution in [0.25, 0.3) is 0 Å². The molecule has 0 bridgehead atoms. The number of hydrogen-bond acceptors (Lipinski definition) is 2. The summed E-state index contributed by atoms with van der Waals surface area (Å²) in [4.78, 5) is 7.75. The number of rotatable bonds is 4. The highest BCUT2D eigenvalue weighted by Gasteiger charge is 2.37. The second kappa shape index (κ2) is 8.64. The molecule has 4 heteroatoms. The predicted molar refractivity (Wildman–Crippen MR) is 111 cm³/mol. The van der Waals surface area contributed by atoms with Gasteiger partial charge in [0.15, 0.2) is 5.96 Å². The van der Waals surface area contributed by atoms with Gasteiger partial charge in [-0.05, 0) is 50.0 Å². The number of ether oxygens (including phenoxy) is 1. The van der Waals surface area contributed by atoms with Crippen LogP contribution in [0.2, 0.25) is 0 Å². The maximum absolute atomic E-state index is 5.69. The summed E-state index contributed by atoms with van der Waals surface area (Å²) in [6.45, 7) is 8.04. The summed E-state index contributed by atoms with van der Waals surface area (Å²) in [5.74, 6) is 2.90. The van der Waals surface area contributed by atoms with E-state index in [0.717, 1.165) is 56.9 Å². The normalized spacial score (nSPS) is 28.0. The summed E-state index contributed by atoms with van der Waals surface area (Å²) < 4.78 is 5.69. The van der Waals surface area contributed by atoms with Crippen LogP contribution in [0.3, 0.4) is 0 Å². The van der Waals surface area contributed by atoms with E-state index in [0.29, 0.717) is 0 Å². The van der Waals surface area contributed by atoms with Gasteiger partial charge in [-0.15, -0.1) is 0 Å². The fraction of sp³-hybridized carbons (Fsp3) is 0.696. The van der Waals surface area contributed by atoms with Gasteiger partial charge in [0.1, 0.15) is 0 Å². The van der Waals surface area contributed by atoms with Gasteiger partial charge in [0.05, 0.1) is 6.54 Å². The Morgan fingerprint density at radius 1 is 1.11 bits per heavy atom. The number of nitrogens with zero attached hydrogens (tertiary/aromatic N) is 2. The van der Waals surface area contributed by atoms with Crippen molar-refractivity contribution in [2.45, 2.75) is 50.9 Å². The van der Waals surface area contributed by atoms with Crippen molar-refractivity contribution in [3.8, 4) is 0 Å². The number of aliphatic imine (C=N–C) groups is 1. The smallest absolute Gasteiger partial charge is 0.193 e. The average Bonchev–Trinajstić information content (AvgIpc) is 3.16. The molecule has 1 aromatic carbocycles. The summed E-state index contributed by atoms with van der Waals surface area (Å²) in [7, 11) is 0. The van der Waals surface area contributed by atoms with Crippen LogP contribution in [0.4, 0.5) is 0 Å². The van der Waals surface area contributed by atoms with Crippen molar-refractivity contribution < 1.29 is 4.74 Å². The van der Waals surface area contributed by atoms with E-state index in [1.54, 1.807) is 0 Å². The number of nitrogens with one attached hydrogen (secondary N) is 1. The Morgan fingerprint density at radius 3 is 2.41 bits per heavy atom. The Labute approximate surface area is 164 Å². The Bertz CT molecular complexity index is 610. The molecule has 1 N–H and O–H groups in total. The molecule has 0 aromatic heterocycles. The quantitative estimate of drug-likeness (QED) is 0.647. The minimum absolute atomic E-state index is 0.118. The first kappa shape index (κ1) is 18.8. The molecule has 2 atom stereocenters. The standard InChI is InChI=1S/C23H35N3O/c1-2-24-22(26-16-19-8-6-7-9-20(19)17-26)25-18-23(12-14-27-15-13-23)21-10-4-3-5-11-21/h3-5,10-11,19-20H,2,6-9,12-18H2,1H3,(H,24,25). The van der Waals surface area contributed by atoms with Gasteiger partial charge < -0.3 is 15.0 Å². The maximum atomic E-state index is 5.69. The Hall–Kier alpha value is -1.55. The van der Waals surface area contributed by atoms with E-state index in [9.17, 15) is 0 Å². The molecule has 0 amide bonds. The number of hydrogen-bond donors (Lipinski definition) is 1. The summed E-state index contributed by atoms with van der Waals surface area (Å²) in [6, 6.07) is 11.0. The molecule has 2 saturated heterocycles. The number of guanidine groups is 1. The van der Waals surface area contributed by atoms with E-state index in [4.69, 9.17) is 9.73 Å². The molecule has 4 nitrogen and oxygen atoms in total. The Kier molecular flexibility index (Phi) is 6.01. The number of fused-ring (bicyclic) bond motifs is 1. The molecule has 3 fully saturated rings. The molecule has 2 aliphatic heterocycles. The van der Waals surface area contributed by atoms with Gasteiger partial charge in [-0.25, -0.2) is 0 Å². The molecule has 0 spiro atoms. The minimum Gasteiger partial charge on any atom is -0.381 e. The van der Waals surface area contributed by atoms with Crippen molar-refractivity contribution in [2.24, 2.45) is 16.8 Å². The monoisotopic (exact) mass is 369 g/mol. The highest BCUT2D eigenvalue weighted by Crippen LogP contribution is 2.37. The first-order valence-electron chi connectivity index (χ1n) is 11.0. The van der Waals surface area contributed by atoms with E-state index in [1.807, 2.05) is 0 Å². The molecule has 3 aliphatic rings. The lowest BCUT2D eigenvalue weighted by Gasteiger charge is -2.37. The topological polar surface area (TPSA) is 36.9 Å². The summed E-state index contributed by atoms with van der Waals surface area (Å²) >= 11 is 0. The zero-order valence-electron chi connectivity index (χ0n) is 16.8. The van der Waals surface area contributed by atoms with Crippen LogP contribution in [-0.4, -0.2) is 50.3 Å². The Balaban J connectivity index is 1.53. The van der Waals surface area contributed by atoms with Gasteiger partial charge in [0.25, 0.3) is 0 Å². The average molecular weight is 370 g/mol. The van der Waals surface area contributed by atoms with Gasteiger partial charge in [-0.1, -0.05) is 43.2 Å². The third-order valence-corrected chi connectivity index (χ3v) is 6.98. The van der Waals surface area contributed by atoms with Crippen molar-refractivity contribution in [2.75, 3.05) is 39.4 Å². The number of likely N-dealkylation sites (tertiary alicyclic amines) is 1. The molecule has 1 aliphatic carbocycles. The van der Waals surface area contributed by atoms with Gasteiger partial charge >= 0.3 is 0 Å². The molecule has 2 unspecified atom stereocenters. The molecule has 1 aromatic rings. The fourth-order valence-corrected chi connectivity index (χ4v) is 5.32. The number of benzene rings is 1. The van der Waals surface area contributed by atoms with Gasteiger partial charge in [-0.3, -0.25) is 4.99 Å². The third kappa shape index (κ3) is 4.16. The van der Waals surface area contributed by atoms with E-state index in [2.05, 4.69) is 47.5 Å². The lowest BCUT2D eigenvalue weighted by molar-refractivity contribution is 0.0530. The lowest BCUT2D eigenvalue weighted by atomic mass is 9.74. The van der Waals surface area contributed by atoms with Crippen LogP contribution in [0.15, 0.2) is 35.3 Å². The zero-order chi connectivity index (χ0) is 18.5. The van der Waals surface area contributed by atoms with Gasteiger partial charge in [0.2, 0.25) is 0 Å².